The number of hydrogen-bond donors (Lipinski definition) is 3. The SMILES string of the molecule is COCc1nc(OC)c2[nH]c(=O)n(-c3cc(OCc4c(OC)ccc(F)c4F)c(OCC(=O)NCCO)cc3Cl)c2n1. The van der Waals surface area contributed by atoms with Crippen molar-refractivity contribution in [3.63, 3.8) is 0 Å². The van der Waals surface area contributed by atoms with Gasteiger partial charge in [0, 0.05) is 25.8 Å². The van der Waals surface area contributed by atoms with Crippen molar-refractivity contribution in [3.05, 3.63) is 62.8 Å². The van der Waals surface area contributed by atoms with E-state index in [4.69, 9.17) is 40.4 Å². The van der Waals surface area contributed by atoms with Crippen molar-refractivity contribution >= 4 is 28.7 Å². The first kappa shape index (κ1) is 30.5. The summed E-state index contributed by atoms with van der Waals surface area (Å²) >= 11 is 6.58. The Balaban J connectivity index is 1.82. The van der Waals surface area contributed by atoms with Gasteiger partial charge in [0.15, 0.2) is 41.2 Å². The van der Waals surface area contributed by atoms with Crippen molar-refractivity contribution in [2.24, 2.45) is 0 Å². The third-order valence-corrected chi connectivity index (χ3v) is 6.11. The number of imidazole rings is 1. The summed E-state index contributed by atoms with van der Waals surface area (Å²) in [5.74, 6) is -2.69. The highest BCUT2D eigenvalue weighted by atomic mass is 35.5. The molecule has 0 aliphatic rings. The minimum atomic E-state index is -1.18. The molecule has 0 saturated carbocycles. The monoisotopic (exact) mass is 609 g/mol. The summed E-state index contributed by atoms with van der Waals surface area (Å²) < 4.78 is 56.7. The number of amides is 1. The van der Waals surface area contributed by atoms with Crippen molar-refractivity contribution in [3.8, 4) is 28.8 Å². The molecule has 42 heavy (non-hydrogen) atoms. The quantitative estimate of drug-likeness (QED) is 0.205. The predicted molar refractivity (Wildman–Crippen MR) is 145 cm³/mol. The molecule has 2 aromatic carbocycles. The van der Waals surface area contributed by atoms with Crippen LogP contribution in [0.1, 0.15) is 11.4 Å². The van der Waals surface area contributed by atoms with Crippen molar-refractivity contribution in [2.45, 2.75) is 13.2 Å². The molecule has 0 spiro atoms. The van der Waals surface area contributed by atoms with Gasteiger partial charge in [-0.05, 0) is 12.1 Å². The standard InChI is InChI=1S/C26H26ClF2N5O8/c1-38-11-20-31-24-23(25(32-20)40-3)33-26(37)34(24)16-9-19(18(8-14(16)27)42-12-21(36)30-6-7-35)41-10-13-17(39-2)5-4-15(28)22(13)29/h4-5,8-9,35H,6-7,10-12H2,1-3H3,(H,30,36)(H,33,37). The van der Waals surface area contributed by atoms with Gasteiger partial charge in [-0.1, -0.05) is 11.6 Å². The van der Waals surface area contributed by atoms with Gasteiger partial charge >= 0.3 is 5.69 Å². The Kier molecular flexibility index (Phi) is 9.77. The third-order valence-electron chi connectivity index (χ3n) is 5.81. The van der Waals surface area contributed by atoms with Gasteiger partial charge in [0.05, 0.1) is 37.1 Å². The van der Waals surface area contributed by atoms with E-state index in [0.717, 1.165) is 10.6 Å². The van der Waals surface area contributed by atoms with Crippen LogP contribution in [0.5, 0.6) is 23.1 Å². The molecule has 0 unspecified atom stereocenters. The summed E-state index contributed by atoms with van der Waals surface area (Å²) in [6.45, 7) is -1.29. The van der Waals surface area contributed by atoms with E-state index >= 15 is 0 Å². The smallest absolute Gasteiger partial charge is 0.332 e. The first-order chi connectivity index (χ1) is 20.2. The molecule has 2 heterocycles. The second-order valence-electron chi connectivity index (χ2n) is 8.49. The number of fused-ring (bicyclic) bond motifs is 1. The molecule has 0 aliphatic carbocycles. The zero-order valence-corrected chi connectivity index (χ0v) is 23.4. The number of H-pyrrole nitrogens is 1. The van der Waals surface area contributed by atoms with Crippen LogP contribution in [0.25, 0.3) is 16.9 Å². The molecule has 0 atom stereocenters. The topological polar surface area (TPSA) is 159 Å². The lowest BCUT2D eigenvalue weighted by Crippen LogP contribution is -2.31. The van der Waals surface area contributed by atoms with Gasteiger partial charge in [-0.15, -0.1) is 0 Å². The van der Waals surface area contributed by atoms with Crippen molar-refractivity contribution in [1.82, 2.24) is 24.8 Å². The van der Waals surface area contributed by atoms with Crippen LogP contribution in [0.2, 0.25) is 5.02 Å². The number of nitrogens with zero attached hydrogens (tertiary/aromatic N) is 3. The number of carbonyl (C=O) groups excluding carboxylic acids is 1. The highest BCUT2D eigenvalue weighted by molar-refractivity contribution is 6.32. The summed E-state index contributed by atoms with van der Waals surface area (Å²) in [6, 6.07) is 4.75. The molecule has 4 rings (SSSR count). The summed E-state index contributed by atoms with van der Waals surface area (Å²) in [5, 5.41) is 11.3. The summed E-state index contributed by atoms with van der Waals surface area (Å²) in [6.07, 6.45) is 0. The Morgan fingerprint density at radius 2 is 1.83 bits per heavy atom. The van der Waals surface area contributed by atoms with Crippen LogP contribution >= 0.6 is 11.6 Å². The van der Waals surface area contributed by atoms with Crippen LogP contribution < -0.4 is 30.0 Å². The number of rotatable bonds is 13. The minimum Gasteiger partial charge on any atom is -0.496 e. The Morgan fingerprint density at radius 1 is 1.07 bits per heavy atom. The number of aromatic nitrogens is 4. The van der Waals surface area contributed by atoms with Gasteiger partial charge in [0.1, 0.15) is 24.5 Å². The van der Waals surface area contributed by atoms with Crippen LogP contribution in [-0.2, 0) is 22.7 Å². The van der Waals surface area contributed by atoms with E-state index in [9.17, 15) is 18.4 Å². The van der Waals surface area contributed by atoms with Crippen molar-refractivity contribution < 1.29 is 42.4 Å². The molecule has 2 aromatic heterocycles. The Morgan fingerprint density at radius 3 is 2.52 bits per heavy atom. The van der Waals surface area contributed by atoms with E-state index < -0.39 is 36.4 Å². The molecule has 3 N–H and O–H groups in total. The number of hydrogen-bond acceptors (Lipinski definition) is 10. The van der Waals surface area contributed by atoms with E-state index in [-0.39, 0.29) is 76.1 Å². The van der Waals surface area contributed by atoms with Crippen LogP contribution in [0.4, 0.5) is 8.78 Å². The molecule has 13 nitrogen and oxygen atoms in total. The maximum Gasteiger partial charge on any atom is 0.332 e. The fourth-order valence-corrected chi connectivity index (χ4v) is 4.17. The van der Waals surface area contributed by atoms with Crippen LogP contribution in [0.3, 0.4) is 0 Å². The van der Waals surface area contributed by atoms with E-state index in [1.807, 2.05) is 0 Å². The number of ether oxygens (including phenoxy) is 5. The average molecular weight is 610 g/mol. The number of halogens is 3. The van der Waals surface area contributed by atoms with Crippen LogP contribution in [0.15, 0.2) is 29.1 Å². The predicted octanol–water partition coefficient (Wildman–Crippen LogP) is 2.27. The van der Waals surface area contributed by atoms with E-state index in [0.29, 0.717) is 0 Å². The number of methoxy groups -OCH3 is 3. The lowest BCUT2D eigenvalue weighted by atomic mass is 10.2. The maximum atomic E-state index is 14.6. The normalized spacial score (nSPS) is 11.0. The second-order valence-corrected chi connectivity index (χ2v) is 8.90. The molecule has 224 valence electrons. The zero-order chi connectivity index (χ0) is 30.4. The number of nitrogens with one attached hydrogen (secondary N) is 2. The molecule has 0 aliphatic heterocycles. The molecule has 16 heteroatoms. The van der Waals surface area contributed by atoms with Gasteiger partial charge in [0.25, 0.3) is 5.91 Å². The summed E-state index contributed by atoms with van der Waals surface area (Å²) in [4.78, 5) is 36.5. The zero-order valence-electron chi connectivity index (χ0n) is 22.6. The first-order valence-electron chi connectivity index (χ1n) is 12.2. The number of benzene rings is 2. The fourth-order valence-electron chi connectivity index (χ4n) is 3.93. The largest absolute Gasteiger partial charge is 0.496 e. The van der Waals surface area contributed by atoms with E-state index in [2.05, 4.69) is 20.3 Å². The molecular formula is C26H26ClF2N5O8. The van der Waals surface area contributed by atoms with Gasteiger partial charge in [-0.3, -0.25) is 9.78 Å². The molecule has 0 fully saturated rings. The first-order valence-corrected chi connectivity index (χ1v) is 12.6. The number of carbonyl (C=O) groups is 1. The highest BCUT2D eigenvalue weighted by Gasteiger charge is 2.23. The Labute approximate surface area is 241 Å². The number of aliphatic hydroxyl groups is 1. The lowest BCUT2D eigenvalue weighted by molar-refractivity contribution is -0.123. The molecular weight excluding hydrogens is 584 g/mol. The van der Waals surface area contributed by atoms with Gasteiger partial charge in [0.2, 0.25) is 5.88 Å². The van der Waals surface area contributed by atoms with Crippen molar-refractivity contribution in [2.75, 3.05) is 41.1 Å². The second kappa shape index (κ2) is 13.5. The Hall–Kier alpha value is -4.47. The molecule has 0 radical (unpaired) electrons. The van der Waals surface area contributed by atoms with Crippen molar-refractivity contribution in [1.29, 1.82) is 0 Å². The lowest BCUT2D eigenvalue weighted by Gasteiger charge is -2.17. The molecule has 4 aromatic rings. The average Bonchev–Trinajstić information content (AvgIpc) is 3.31. The number of aliphatic hydroxyl groups excluding tert-OH is 1. The summed E-state index contributed by atoms with van der Waals surface area (Å²) in [7, 11) is 4.10. The minimum absolute atomic E-state index is 0.00372. The van der Waals surface area contributed by atoms with E-state index in [1.54, 1.807) is 0 Å². The number of aromatic amines is 1. The van der Waals surface area contributed by atoms with Gasteiger partial charge < -0.3 is 34.1 Å². The maximum absolute atomic E-state index is 14.6. The van der Waals surface area contributed by atoms with Crippen LogP contribution in [-0.4, -0.2) is 71.6 Å². The summed E-state index contributed by atoms with van der Waals surface area (Å²) in [5.41, 5.74) is -0.549. The molecule has 1 amide bonds. The fraction of sp³-hybridized carbons (Fsp3) is 0.308. The Bertz CT molecular complexity index is 1660. The van der Waals surface area contributed by atoms with Crippen LogP contribution in [0, 0.1) is 11.6 Å². The molecule has 0 bridgehead atoms. The van der Waals surface area contributed by atoms with Gasteiger partial charge in [-0.25, -0.2) is 23.1 Å². The van der Waals surface area contributed by atoms with Gasteiger partial charge in [-0.2, -0.15) is 4.98 Å². The highest BCUT2D eigenvalue weighted by Crippen LogP contribution is 2.37. The third kappa shape index (κ3) is 6.37. The molecule has 0 saturated heterocycles. The van der Waals surface area contributed by atoms with E-state index in [1.165, 1.54) is 39.5 Å².